The Morgan fingerprint density at radius 1 is 0.266 bits per heavy atom. The van der Waals surface area contributed by atoms with Crippen LogP contribution in [0.3, 0.4) is 0 Å². The van der Waals surface area contributed by atoms with Crippen molar-refractivity contribution in [2.24, 2.45) is 0 Å². The van der Waals surface area contributed by atoms with Crippen molar-refractivity contribution in [2.45, 2.75) is 334 Å². The number of unbranched alkanes of at least 4 members (excludes halogenated alkanes) is 49. The molecule has 2 N–H and O–H groups in total. The lowest BCUT2D eigenvalue weighted by Crippen LogP contribution is -2.10. The van der Waals surface area contributed by atoms with Gasteiger partial charge in [0.05, 0.1) is 0 Å². The molecule has 1 aromatic rings. The first-order valence-corrected chi connectivity index (χ1v) is 29.2. The number of carboxylic acids is 1. The number of anilines is 1. The third-order valence-electron chi connectivity index (χ3n) is 14.1. The molecule has 4 heteroatoms. The molecule has 0 bridgehead atoms. The van der Waals surface area contributed by atoms with Crippen molar-refractivity contribution in [2.75, 3.05) is 5.32 Å². The maximum atomic E-state index is 12.0. The summed E-state index contributed by atoms with van der Waals surface area (Å²) >= 11 is 0. The van der Waals surface area contributed by atoms with Crippen LogP contribution in [-0.2, 0) is 9.59 Å². The molecule has 374 valence electrons. The Balaban J connectivity index is 1.60. The number of carbonyl (C=O) groups excluding carboxylic acids is 1. The maximum Gasteiger partial charge on any atom is 0.303 e. The summed E-state index contributed by atoms with van der Waals surface area (Å²) in [6.07, 6.45) is 71.1. The van der Waals surface area contributed by atoms with Crippen molar-refractivity contribution in [1.82, 2.24) is 0 Å². The molecule has 0 atom stereocenters. The van der Waals surface area contributed by atoms with Crippen LogP contribution in [0.5, 0.6) is 0 Å². The van der Waals surface area contributed by atoms with Crippen LogP contribution in [0.25, 0.3) is 0 Å². The first-order chi connectivity index (χ1) is 31.7. The molecule has 1 amide bonds. The smallest absolute Gasteiger partial charge is 0.303 e. The molecule has 1 rings (SSSR count). The molecule has 0 unspecified atom stereocenters. The summed E-state index contributed by atoms with van der Waals surface area (Å²) in [5, 5.41) is 11.7. The minimum Gasteiger partial charge on any atom is -0.481 e. The van der Waals surface area contributed by atoms with E-state index in [0.29, 0.717) is 12.8 Å². The van der Waals surface area contributed by atoms with E-state index in [0.717, 1.165) is 24.9 Å². The standard InChI is InChI=1S/C60H111NO3/c62-59(61-58-54-50-49-51-55-58)56-52-47-45-43-41-39-37-35-33-31-29-27-25-23-21-19-17-15-13-11-9-7-5-3-1-2-4-6-8-10-12-14-16-18-20-22-24-26-28-30-32-34-36-38-40-42-44-46-48-53-57-60(63)64/h49-51,54-55H,1-48,52-53,56-57H2,(H,61,62)(H,63,64). The second-order valence-electron chi connectivity index (χ2n) is 20.5. The van der Waals surface area contributed by atoms with Gasteiger partial charge in [-0.1, -0.05) is 326 Å². The summed E-state index contributed by atoms with van der Waals surface area (Å²) in [6, 6.07) is 9.79. The normalized spacial score (nSPS) is 11.4. The van der Waals surface area contributed by atoms with E-state index in [-0.39, 0.29) is 5.91 Å². The van der Waals surface area contributed by atoms with Gasteiger partial charge in [0.25, 0.3) is 0 Å². The molecule has 0 saturated heterocycles. The van der Waals surface area contributed by atoms with E-state index in [1.807, 2.05) is 30.3 Å². The number of carbonyl (C=O) groups is 2. The fourth-order valence-corrected chi connectivity index (χ4v) is 9.79. The SMILES string of the molecule is O=C(O)CCCCCCCCCCCCCCCCCCCCCCCCCCCCCCCCCCCCCCCCCCCCCCCCCCCCC(=O)Nc1ccccc1. The first kappa shape index (κ1) is 60.2. The number of carboxylic acid groups (broad SMARTS) is 1. The molecule has 0 aliphatic heterocycles. The van der Waals surface area contributed by atoms with Crippen molar-refractivity contribution in [3.63, 3.8) is 0 Å². The van der Waals surface area contributed by atoms with Gasteiger partial charge in [-0.25, -0.2) is 0 Å². The number of hydrogen-bond donors (Lipinski definition) is 2. The second kappa shape index (κ2) is 52.1. The summed E-state index contributed by atoms with van der Waals surface area (Å²) in [5.41, 5.74) is 0.905. The number of benzene rings is 1. The molecule has 0 spiro atoms. The van der Waals surface area contributed by atoms with Gasteiger partial charge in [0, 0.05) is 18.5 Å². The second-order valence-corrected chi connectivity index (χ2v) is 20.5. The van der Waals surface area contributed by atoms with Gasteiger partial charge in [-0.05, 0) is 25.0 Å². The third kappa shape index (κ3) is 49.6. The Morgan fingerprint density at radius 2 is 0.438 bits per heavy atom. The zero-order chi connectivity index (χ0) is 45.7. The highest BCUT2D eigenvalue weighted by atomic mass is 16.4. The van der Waals surface area contributed by atoms with Gasteiger partial charge in [0.15, 0.2) is 0 Å². The molecular formula is C60H111NO3. The molecule has 0 aliphatic rings. The fraction of sp³-hybridized carbons (Fsp3) is 0.867. The Labute approximate surface area is 400 Å². The van der Waals surface area contributed by atoms with E-state index in [9.17, 15) is 9.59 Å². The van der Waals surface area contributed by atoms with Gasteiger partial charge >= 0.3 is 5.97 Å². The summed E-state index contributed by atoms with van der Waals surface area (Å²) in [5.74, 6) is -0.500. The van der Waals surface area contributed by atoms with Gasteiger partial charge in [0.2, 0.25) is 5.91 Å². The molecule has 64 heavy (non-hydrogen) atoms. The minimum absolute atomic E-state index is 0.149. The monoisotopic (exact) mass is 894 g/mol. The lowest BCUT2D eigenvalue weighted by molar-refractivity contribution is -0.137. The number of aliphatic carboxylic acids is 1. The maximum absolute atomic E-state index is 12.0. The van der Waals surface area contributed by atoms with E-state index in [1.165, 1.54) is 302 Å². The zero-order valence-corrected chi connectivity index (χ0v) is 42.9. The summed E-state index contributed by atoms with van der Waals surface area (Å²) in [6.45, 7) is 0. The minimum atomic E-state index is -0.648. The van der Waals surface area contributed by atoms with Gasteiger partial charge in [0.1, 0.15) is 0 Å². The average molecular weight is 895 g/mol. The topological polar surface area (TPSA) is 66.4 Å². The Kier molecular flexibility index (Phi) is 49.0. The van der Waals surface area contributed by atoms with Crippen LogP contribution < -0.4 is 5.32 Å². The molecule has 4 nitrogen and oxygen atoms in total. The highest BCUT2D eigenvalue weighted by Gasteiger charge is 2.03. The molecule has 0 heterocycles. The number of nitrogens with one attached hydrogen (secondary N) is 1. The average Bonchev–Trinajstić information content (AvgIpc) is 3.29. The molecule has 1 aromatic carbocycles. The van der Waals surface area contributed by atoms with Crippen molar-refractivity contribution < 1.29 is 14.7 Å². The van der Waals surface area contributed by atoms with Crippen LogP contribution in [0.4, 0.5) is 5.69 Å². The number of hydrogen-bond acceptors (Lipinski definition) is 2. The number of para-hydroxylation sites is 1. The lowest BCUT2D eigenvalue weighted by atomic mass is 10.0. The molecule has 0 saturated carbocycles. The third-order valence-corrected chi connectivity index (χ3v) is 14.1. The Bertz CT molecular complexity index is 1060. The van der Waals surface area contributed by atoms with Gasteiger partial charge in [-0.15, -0.1) is 0 Å². The lowest BCUT2D eigenvalue weighted by Gasteiger charge is -2.05. The van der Waals surface area contributed by atoms with E-state index < -0.39 is 5.97 Å². The number of rotatable bonds is 54. The van der Waals surface area contributed by atoms with Crippen molar-refractivity contribution in [3.05, 3.63) is 30.3 Å². The first-order valence-electron chi connectivity index (χ1n) is 29.2. The van der Waals surface area contributed by atoms with Crippen LogP contribution >= 0.6 is 0 Å². The van der Waals surface area contributed by atoms with Crippen LogP contribution in [0.2, 0.25) is 0 Å². The van der Waals surface area contributed by atoms with Gasteiger partial charge in [-0.2, -0.15) is 0 Å². The van der Waals surface area contributed by atoms with E-state index in [1.54, 1.807) is 0 Å². The number of amides is 1. The van der Waals surface area contributed by atoms with Crippen LogP contribution in [0.15, 0.2) is 30.3 Å². The molecular weight excluding hydrogens is 783 g/mol. The largest absolute Gasteiger partial charge is 0.481 e. The highest BCUT2D eigenvalue weighted by molar-refractivity contribution is 5.90. The summed E-state index contributed by atoms with van der Waals surface area (Å²) < 4.78 is 0. The van der Waals surface area contributed by atoms with Crippen LogP contribution in [0.1, 0.15) is 334 Å². The summed E-state index contributed by atoms with van der Waals surface area (Å²) in [4.78, 5) is 22.5. The fourth-order valence-electron chi connectivity index (χ4n) is 9.79. The van der Waals surface area contributed by atoms with Crippen LogP contribution in [-0.4, -0.2) is 17.0 Å². The summed E-state index contributed by atoms with van der Waals surface area (Å²) in [7, 11) is 0. The van der Waals surface area contributed by atoms with Crippen molar-refractivity contribution in [1.29, 1.82) is 0 Å². The molecule has 0 fully saturated rings. The van der Waals surface area contributed by atoms with E-state index >= 15 is 0 Å². The Morgan fingerprint density at radius 3 is 0.625 bits per heavy atom. The molecule has 0 aliphatic carbocycles. The van der Waals surface area contributed by atoms with Crippen molar-refractivity contribution in [3.8, 4) is 0 Å². The quantitative estimate of drug-likeness (QED) is 0.0640. The van der Waals surface area contributed by atoms with E-state index in [4.69, 9.17) is 5.11 Å². The predicted molar refractivity (Wildman–Crippen MR) is 283 cm³/mol. The van der Waals surface area contributed by atoms with E-state index in [2.05, 4.69) is 5.32 Å². The van der Waals surface area contributed by atoms with Gasteiger partial charge in [-0.3, -0.25) is 9.59 Å². The van der Waals surface area contributed by atoms with Gasteiger partial charge < -0.3 is 10.4 Å². The Hall–Kier alpha value is -1.84. The zero-order valence-electron chi connectivity index (χ0n) is 42.9. The van der Waals surface area contributed by atoms with Crippen molar-refractivity contribution >= 4 is 17.6 Å². The molecule has 0 radical (unpaired) electrons. The van der Waals surface area contributed by atoms with Crippen LogP contribution in [0, 0.1) is 0 Å². The molecule has 0 aromatic heterocycles. The highest BCUT2D eigenvalue weighted by Crippen LogP contribution is 2.19. The predicted octanol–water partition coefficient (Wildman–Crippen LogP) is 21.0.